The fourth-order valence-corrected chi connectivity index (χ4v) is 1.89. The predicted molar refractivity (Wildman–Crippen MR) is 56.4 cm³/mol. The minimum absolute atomic E-state index is 0.240. The van der Waals surface area contributed by atoms with Crippen LogP contribution in [0.25, 0.3) is 0 Å². The summed E-state index contributed by atoms with van der Waals surface area (Å²) >= 11 is 0. The van der Waals surface area contributed by atoms with Gasteiger partial charge in [0.2, 0.25) is 6.79 Å². The van der Waals surface area contributed by atoms with Gasteiger partial charge in [-0.1, -0.05) is 0 Å². The number of rotatable bonds is 1. The van der Waals surface area contributed by atoms with Crippen molar-refractivity contribution in [2.24, 2.45) is 0 Å². The minimum Gasteiger partial charge on any atom is -0.454 e. The Kier molecular flexibility index (Phi) is 2.46. The summed E-state index contributed by atoms with van der Waals surface area (Å²) in [5.74, 6) is 1.55. The van der Waals surface area contributed by atoms with Gasteiger partial charge in [0.25, 0.3) is 0 Å². The van der Waals surface area contributed by atoms with Crippen LogP contribution in [0, 0.1) is 0 Å². The lowest BCUT2D eigenvalue weighted by Gasteiger charge is -2.28. The first kappa shape index (κ1) is 9.93. The van der Waals surface area contributed by atoms with Crippen LogP contribution in [-0.4, -0.2) is 19.5 Å². The lowest BCUT2D eigenvalue weighted by atomic mass is 10.1. The van der Waals surface area contributed by atoms with Crippen molar-refractivity contribution in [1.82, 2.24) is 0 Å². The minimum atomic E-state index is -0.279. The van der Waals surface area contributed by atoms with Crippen molar-refractivity contribution >= 4 is 0 Å². The van der Waals surface area contributed by atoms with Gasteiger partial charge in [0.1, 0.15) is 0 Å². The Balaban J connectivity index is 1.83. The van der Waals surface area contributed by atoms with Gasteiger partial charge in [0.05, 0.1) is 12.7 Å². The molecule has 0 radical (unpaired) electrons. The monoisotopic (exact) mass is 222 g/mol. The lowest BCUT2D eigenvalue weighted by molar-refractivity contribution is -0.212. The molecular weight excluding hydrogens is 208 g/mol. The molecule has 0 bridgehead atoms. The van der Waals surface area contributed by atoms with Crippen molar-refractivity contribution < 1.29 is 18.9 Å². The molecule has 2 aliphatic rings. The van der Waals surface area contributed by atoms with Crippen molar-refractivity contribution in [3.63, 3.8) is 0 Å². The van der Waals surface area contributed by atoms with Crippen LogP contribution in [0.4, 0.5) is 0 Å². The second kappa shape index (κ2) is 3.96. The Labute approximate surface area is 94.1 Å². The van der Waals surface area contributed by atoms with Gasteiger partial charge in [-0.25, -0.2) is 0 Å². The van der Waals surface area contributed by atoms with Crippen LogP contribution in [-0.2, 0) is 9.47 Å². The first-order chi connectivity index (χ1) is 7.83. The molecule has 3 rings (SSSR count). The van der Waals surface area contributed by atoms with Crippen LogP contribution in [0.5, 0.6) is 11.5 Å². The summed E-state index contributed by atoms with van der Waals surface area (Å²) in [6.45, 7) is 3.09. The number of hydrogen-bond donors (Lipinski definition) is 0. The maximum absolute atomic E-state index is 5.71. The third kappa shape index (κ3) is 1.74. The highest BCUT2D eigenvalue weighted by Crippen LogP contribution is 2.36. The molecule has 0 saturated carbocycles. The zero-order chi connectivity index (χ0) is 11.0. The average molecular weight is 222 g/mol. The summed E-state index contributed by atoms with van der Waals surface area (Å²) in [6, 6.07) is 5.77. The molecule has 16 heavy (non-hydrogen) atoms. The van der Waals surface area contributed by atoms with Gasteiger partial charge in [0.15, 0.2) is 17.8 Å². The van der Waals surface area contributed by atoms with E-state index in [1.165, 1.54) is 0 Å². The second-order valence-corrected chi connectivity index (χ2v) is 4.05. The lowest BCUT2D eigenvalue weighted by Crippen LogP contribution is -2.24. The number of benzene rings is 1. The van der Waals surface area contributed by atoms with Gasteiger partial charge in [-0.05, 0) is 31.5 Å². The van der Waals surface area contributed by atoms with E-state index in [1.54, 1.807) is 0 Å². The Hall–Kier alpha value is -1.26. The fraction of sp³-hybridized carbons (Fsp3) is 0.500. The van der Waals surface area contributed by atoms with Crippen molar-refractivity contribution in [3.8, 4) is 11.5 Å². The highest BCUT2D eigenvalue weighted by Gasteiger charge is 2.23. The molecule has 1 saturated heterocycles. The number of fused-ring (bicyclic) bond motifs is 1. The normalized spacial score (nSPS) is 28.1. The quantitative estimate of drug-likeness (QED) is 0.730. The Morgan fingerprint density at radius 3 is 2.94 bits per heavy atom. The van der Waals surface area contributed by atoms with E-state index in [0.29, 0.717) is 6.79 Å². The van der Waals surface area contributed by atoms with E-state index in [9.17, 15) is 0 Å². The molecule has 1 aromatic rings. The van der Waals surface area contributed by atoms with Crippen LogP contribution in [0.2, 0.25) is 0 Å². The molecule has 86 valence electrons. The molecule has 0 amide bonds. The van der Waals surface area contributed by atoms with Crippen LogP contribution in [0.3, 0.4) is 0 Å². The summed E-state index contributed by atoms with van der Waals surface area (Å²) in [4.78, 5) is 0. The summed E-state index contributed by atoms with van der Waals surface area (Å²) in [5.41, 5.74) is 0.982. The molecule has 4 nitrogen and oxygen atoms in total. The SMILES string of the molecule is C[C@@H]1CCO[C@@H](c2ccc3c(c2)OCO3)O1. The second-order valence-electron chi connectivity index (χ2n) is 4.05. The molecule has 0 aliphatic carbocycles. The van der Waals surface area contributed by atoms with E-state index in [4.69, 9.17) is 18.9 Å². The first-order valence-corrected chi connectivity index (χ1v) is 5.49. The van der Waals surface area contributed by atoms with E-state index in [0.717, 1.165) is 30.1 Å². The molecule has 2 atom stereocenters. The Morgan fingerprint density at radius 1 is 1.19 bits per heavy atom. The molecule has 1 fully saturated rings. The van der Waals surface area contributed by atoms with E-state index < -0.39 is 0 Å². The van der Waals surface area contributed by atoms with Gasteiger partial charge < -0.3 is 18.9 Å². The zero-order valence-electron chi connectivity index (χ0n) is 9.14. The smallest absolute Gasteiger partial charge is 0.231 e. The van der Waals surface area contributed by atoms with Crippen molar-refractivity contribution in [1.29, 1.82) is 0 Å². The molecule has 1 aromatic carbocycles. The molecule has 0 unspecified atom stereocenters. The Morgan fingerprint density at radius 2 is 2.06 bits per heavy atom. The van der Waals surface area contributed by atoms with E-state index in [2.05, 4.69) is 6.92 Å². The summed E-state index contributed by atoms with van der Waals surface area (Å²) in [5, 5.41) is 0. The molecule has 2 aliphatic heterocycles. The fourth-order valence-electron chi connectivity index (χ4n) is 1.89. The summed E-state index contributed by atoms with van der Waals surface area (Å²) < 4.78 is 21.9. The van der Waals surface area contributed by atoms with E-state index in [1.807, 2.05) is 18.2 Å². The Bertz CT molecular complexity index is 391. The van der Waals surface area contributed by atoms with Crippen LogP contribution in [0.1, 0.15) is 25.2 Å². The topological polar surface area (TPSA) is 36.9 Å². The highest BCUT2D eigenvalue weighted by molar-refractivity contribution is 5.44. The highest BCUT2D eigenvalue weighted by atomic mass is 16.7. The molecular formula is C12H14O4. The van der Waals surface area contributed by atoms with Crippen molar-refractivity contribution in [3.05, 3.63) is 23.8 Å². The van der Waals surface area contributed by atoms with Crippen molar-refractivity contribution in [2.45, 2.75) is 25.7 Å². The zero-order valence-corrected chi connectivity index (χ0v) is 9.14. The molecule has 0 aromatic heterocycles. The third-order valence-corrected chi connectivity index (χ3v) is 2.82. The first-order valence-electron chi connectivity index (χ1n) is 5.49. The maximum Gasteiger partial charge on any atom is 0.231 e. The third-order valence-electron chi connectivity index (χ3n) is 2.82. The molecule has 4 heteroatoms. The van der Waals surface area contributed by atoms with Crippen LogP contribution in [0.15, 0.2) is 18.2 Å². The number of ether oxygens (including phenoxy) is 4. The standard InChI is InChI=1S/C12H14O4/c1-8-4-5-13-12(16-8)9-2-3-10-11(6-9)15-7-14-10/h2-3,6,8,12H,4-5,7H2,1H3/t8-,12-/m1/s1. The largest absolute Gasteiger partial charge is 0.454 e. The van der Waals surface area contributed by atoms with Gasteiger partial charge in [0, 0.05) is 5.56 Å². The van der Waals surface area contributed by atoms with Gasteiger partial charge >= 0.3 is 0 Å². The van der Waals surface area contributed by atoms with E-state index >= 15 is 0 Å². The maximum atomic E-state index is 5.71. The predicted octanol–water partition coefficient (Wildman–Crippen LogP) is 2.24. The van der Waals surface area contributed by atoms with Crippen molar-refractivity contribution in [2.75, 3.05) is 13.4 Å². The molecule has 2 heterocycles. The number of hydrogen-bond acceptors (Lipinski definition) is 4. The van der Waals surface area contributed by atoms with Crippen LogP contribution < -0.4 is 9.47 Å². The van der Waals surface area contributed by atoms with Gasteiger partial charge in [-0.15, -0.1) is 0 Å². The van der Waals surface area contributed by atoms with Crippen LogP contribution >= 0.6 is 0 Å². The molecule has 0 spiro atoms. The van der Waals surface area contributed by atoms with E-state index in [-0.39, 0.29) is 12.4 Å². The average Bonchev–Trinajstić information content (AvgIpc) is 2.75. The summed E-state index contributed by atoms with van der Waals surface area (Å²) in [6.07, 6.45) is 0.906. The van der Waals surface area contributed by atoms with Gasteiger partial charge in [-0.3, -0.25) is 0 Å². The molecule has 0 N–H and O–H groups in total. The van der Waals surface area contributed by atoms with Gasteiger partial charge in [-0.2, -0.15) is 0 Å². The summed E-state index contributed by atoms with van der Waals surface area (Å²) in [7, 11) is 0.